The summed E-state index contributed by atoms with van der Waals surface area (Å²) < 4.78 is 6.29. The van der Waals surface area contributed by atoms with Crippen molar-refractivity contribution in [3.63, 3.8) is 0 Å². The Balaban J connectivity index is 1.97. The minimum atomic E-state index is 0.362. The molecule has 3 rings (SSSR count). The van der Waals surface area contributed by atoms with E-state index < -0.39 is 0 Å². The molecule has 2 aromatic carbocycles. The van der Waals surface area contributed by atoms with Gasteiger partial charge in [-0.25, -0.2) is 4.98 Å². The summed E-state index contributed by atoms with van der Waals surface area (Å²) in [4.78, 5) is 4.91. The van der Waals surface area contributed by atoms with Gasteiger partial charge in [0.25, 0.3) is 0 Å². The van der Waals surface area contributed by atoms with Gasteiger partial charge in [0.05, 0.1) is 23.0 Å². The predicted molar refractivity (Wildman–Crippen MR) is 91.8 cm³/mol. The Labute approximate surface area is 131 Å². The predicted octanol–water partition coefficient (Wildman–Crippen LogP) is 3.68. The van der Waals surface area contributed by atoms with Crippen molar-refractivity contribution in [3.05, 3.63) is 48.0 Å². The normalized spacial score (nSPS) is 10.5. The fourth-order valence-corrected chi connectivity index (χ4v) is 3.09. The highest BCUT2D eigenvalue weighted by molar-refractivity contribution is 7.80. The maximum atomic E-state index is 5.74. The number of hydrogen-bond donors (Lipinski definition) is 2. The zero-order valence-corrected chi connectivity index (χ0v) is 12.9. The van der Waals surface area contributed by atoms with Gasteiger partial charge in [-0.3, -0.25) is 0 Å². The van der Waals surface area contributed by atoms with Crippen LogP contribution in [0.4, 0.5) is 10.8 Å². The van der Waals surface area contributed by atoms with E-state index in [1.54, 1.807) is 18.4 Å². The average molecular weight is 315 g/mol. The maximum Gasteiger partial charge on any atom is 0.188 e. The highest BCUT2D eigenvalue weighted by atomic mass is 32.1. The first kappa shape index (κ1) is 13.8. The number of nitrogens with two attached hydrogens (primary N) is 1. The Morgan fingerprint density at radius 3 is 2.86 bits per heavy atom. The van der Waals surface area contributed by atoms with Crippen molar-refractivity contribution in [2.24, 2.45) is 5.73 Å². The van der Waals surface area contributed by atoms with Gasteiger partial charge >= 0.3 is 0 Å². The summed E-state index contributed by atoms with van der Waals surface area (Å²) in [5, 5.41) is 4.07. The number of thiazole rings is 1. The molecule has 0 fully saturated rings. The summed E-state index contributed by atoms with van der Waals surface area (Å²) >= 11 is 6.62. The lowest BCUT2D eigenvalue weighted by atomic mass is 10.2. The number of anilines is 2. The van der Waals surface area contributed by atoms with Crippen LogP contribution in [-0.2, 0) is 0 Å². The Bertz CT molecular complexity index is 814. The smallest absolute Gasteiger partial charge is 0.188 e. The molecule has 21 heavy (non-hydrogen) atoms. The van der Waals surface area contributed by atoms with E-state index in [1.807, 2.05) is 42.5 Å². The Kier molecular flexibility index (Phi) is 3.72. The third kappa shape index (κ3) is 2.81. The quantitative estimate of drug-likeness (QED) is 0.719. The van der Waals surface area contributed by atoms with Crippen molar-refractivity contribution in [2.75, 3.05) is 12.4 Å². The molecule has 0 aliphatic rings. The number of aromatic nitrogens is 1. The molecular weight excluding hydrogens is 302 g/mol. The van der Waals surface area contributed by atoms with Crippen LogP contribution >= 0.6 is 23.6 Å². The second kappa shape index (κ2) is 5.67. The third-order valence-electron chi connectivity index (χ3n) is 3.03. The standard InChI is InChI=1S/C15H13N3OS2/c1-19-9-6-7-12-13(8-9)21-15(18-12)17-11-5-3-2-4-10(11)14(16)20/h2-8H,1H3,(H2,16,20)(H,17,18). The number of thiocarbonyl (C=S) groups is 1. The molecule has 0 aliphatic carbocycles. The molecule has 0 radical (unpaired) electrons. The van der Waals surface area contributed by atoms with Crippen LogP contribution < -0.4 is 15.8 Å². The molecule has 106 valence electrons. The molecule has 1 heterocycles. The van der Waals surface area contributed by atoms with Crippen molar-refractivity contribution in [1.82, 2.24) is 4.98 Å². The van der Waals surface area contributed by atoms with Gasteiger partial charge in [-0.1, -0.05) is 35.7 Å². The van der Waals surface area contributed by atoms with Crippen LogP contribution in [0.25, 0.3) is 10.2 Å². The second-order valence-electron chi connectivity index (χ2n) is 4.39. The summed E-state index contributed by atoms with van der Waals surface area (Å²) in [6, 6.07) is 13.5. The van der Waals surface area contributed by atoms with E-state index in [1.165, 1.54) is 0 Å². The summed E-state index contributed by atoms with van der Waals surface area (Å²) in [7, 11) is 1.65. The molecule has 0 unspecified atom stereocenters. The first-order valence-electron chi connectivity index (χ1n) is 6.28. The first-order chi connectivity index (χ1) is 10.2. The van der Waals surface area contributed by atoms with Crippen molar-refractivity contribution < 1.29 is 4.74 Å². The molecule has 6 heteroatoms. The number of nitrogens with zero attached hydrogens (tertiary/aromatic N) is 1. The highest BCUT2D eigenvalue weighted by Crippen LogP contribution is 2.31. The van der Waals surface area contributed by atoms with Gasteiger partial charge < -0.3 is 15.8 Å². The monoisotopic (exact) mass is 315 g/mol. The van der Waals surface area contributed by atoms with Crippen LogP contribution in [0.5, 0.6) is 5.75 Å². The molecule has 0 amide bonds. The fourth-order valence-electron chi connectivity index (χ4n) is 2.01. The Morgan fingerprint density at radius 1 is 1.29 bits per heavy atom. The van der Waals surface area contributed by atoms with E-state index in [9.17, 15) is 0 Å². The zero-order chi connectivity index (χ0) is 14.8. The van der Waals surface area contributed by atoms with Crippen molar-refractivity contribution in [2.45, 2.75) is 0 Å². The second-order valence-corrected chi connectivity index (χ2v) is 5.86. The minimum Gasteiger partial charge on any atom is -0.497 e. The molecule has 0 bridgehead atoms. The average Bonchev–Trinajstić information content (AvgIpc) is 2.88. The van der Waals surface area contributed by atoms with Crippen LogP contribution in [0.1, 0.15) is 5.56 Å². The van der Waals surface area contributed by atoms with E-state index in [2.05, 4.69) is 10.3 Å². The van der Waals surface area contributed by atoms with Gasteiger partial charge in [0.2, 0.25) is 0 Å². The van der Waals surface area contributed by atoms with E-state index in [-0.39, 0.29) is 0 Å². The van der Waals surface area contributed by atoms with Crippen molar-refractivity contribution in [1.29, 1.82) is 0 Å². The van der Waals surface area contributed by atoms with E-state index in [0.717, 1.165) is 32.3 Å². The van der Waals surface area contributed by atoms with Crippen LogP contribution in [0, 0.1) is 0 Å². The van der Waals surface area contributed by atoms with Crippen LogP contribution in [0.15, 0.2) is 42.5 Å². The molecule has 0 spiro atoms. The Morgan fingerprint density at radius 2 is 2.10 bits per heavy atom. The van der Waals surface area contributed by atoms with E-state index >= 15 is 0 Å². The minimum absolute atomic E-state index is 0.362. The highest BCUT2D eigenvalue weighted by Gasteiger charge is 2.08. The summed E-state index contributed by atoms with van der Waals surface area (Å²) in [6.07, 6.45) is 0. The molecule has 3 aromatic rings. The van der Waals surface area contributed by atoms with Crippen molar-refractivity contribution in [3.8, 4) is 5.75 Å². The van der Waals surface area contributed by atoms with E-state index in [4.69, 9.17) is 22.7 Å². The molecular formula is C15H13N3OS2. The molecule has 1 aromatic heterocycles. The molecule has 4 nitrogen and oxygen atoms in total. The summed E-state index contributed by atoms with van der Waals surface area (Å²) in [6.45, 7) is 0. The number of hydrogen-bond acceptors (Lipinski definition) is 5. The van der Waals surface area contributed by atoms with E-state index in [0.29, 0.717) is 4.99 Å². The molecule has 0 atom stereocenters. The third-order valence-corrected chi connectivity index (χ3v) is 4.18. The van der Waals surface area contributed by atoms with Gasteiger partial charge in [0.15, 0.2) is 5.13 Å². The van der Waals surface area contributed by atoms with Crippen molar-refractivity contribution >= 4 is 49.6 Å². The molecule has 0 saturated carbocycles. The fraction of sp³-hybridized carbons (Fsp3) is 0.0667. The lowest BCUT2D eigenvalue weighted by Gasteiger charge is -2.07. The van der Waals surface area contributed by atoms with Gasteiger partial charge in [0, 0.05) is 5.56 Å². The molecule has 0 aliphatic heterocycles. The number of methoxy groups -OCH3 is 1. The largest absolute Gasteiger partial charge is 0.497 e. The lowest BCUT2D eigenvalue weighted by Crippen LogP contribution is -2.11. The van der Waals surface area contributed by atoms with Crippen LogP contribution in [-0.4, -0.2) is 17.1 Å². The topological polar surface area (TPSA) is 60.2 Å². The number of rotatable bonds is 4. The SMILES string of the molecule is COc1ccc2nc(Nc3ccccc3C(N)=S)sc2c1. The van der Waals surface area contributed by atoms with Gasteiger partial charge in [-0.05, 0) is 30.3 Å². The Hall–Kier alpha value is -2.18. The number of ether oxygens (including phenoxy) is 1. The lowest BCUT2D eigenvalue weighted by molar-refractivity contribution is 0.415. The zero-order valence-electron chi connectivity index (χ0n) is 11.3. The number of fused-ring (bicyclic) bond motifs is 1. The number of nitrogens with one attached hydrogen (secondary N) is 1. The number of benzene rings is 2. The van der Waals surface area contributed by atoms with Gasteiger partial charge in [-0.15, -0.1) is 0 Å². The van der Waals surface area contributed by atoms with Crippen LogP contribution in [0.2, 0.25) is 0 Å². The maximum absolute atomic E-state index is 5.74. The van der Waals surface area contributed by atoms with Gasteiger partial charge in [0.1, 0.15) is 10.7 Å². The molecule has 0 saturated heterocycles. The number of para-hydroxylation sites is 1. The van der Waals surface area contributed by atoms with Gasteiger partial charge in [-0.2, -0.15) is 0 Å². The summed E-state index contributed by atoms with van der Waals surface area (Å²) in [5.74, 6) is 0.821. The first-order valence-corrected chi connectivity index (χ1v) is 7.50. The molecule has 3 N–H and O–H groups in total. The van der Waals surface area contributed by atoms with Crippen LogP contribution in [0.3, 0.4) is 0 Å². The summed E-state index contributed by atoms with van der Waals surface area (Å²) in [5.41, 5.74) is 8.33.